The van der Waals surface area contributed by atoms with Crippen LogP contribution < -0.4 is 25.6 Å². The summed E-state index contributed by atoms with van der Waals surface area (Å²) in [6, 6.07) is 14.0. The Morgan fingerprint density at radius 3 is 2.37 bits per heavy atom. The highest BCUT2D eigenvalue weighted by molar-refractivity contribution is 7.89. The van der Waals surface area contributed by atoms with Crippen molar-refractivity contribution < 1.29 is 22.7 Å². The number of nitrogens with zero attached hydrogens (tertiary/aromatic N) is 2. The van der Waals surface area contributed by atoms with Crippen LogP contribution in [0.5, 0.6) is 0 Å². The molecule has 1 saturated heterocycles. The lowest BCUT2D eigenvalue weighted by atomic mass is 10.0. The molecule has 4 rings (SSSR count). The Kier molecular flexibility index (Phi) is 9.87. The summed E-state index contributed by atoms with van der Waals surface area (Å²) in [5.74, 6) is -0.309. The largest absolute Gasteiger partial charge is 0.459 e. The molecule has 0 aromatic heterocycles. The van der Waals surface area contributed by atoms with Gasteiger partial charge in [0.25, 0.3) is 5.91 Å². The van der Waals surface area contributed by atoms with Gasteiger partial charge < -0.3 is 25.6 Å². The van der Waals surface area contributed by atoms with Gasteiger partial charge in [-0.05, 0) is 76.4 Å². The van der Waals surface area contributed by atoms with Crippen molar-refractivity contribution in [2.75, 3.05) is 37.6 Å². The molecule has 1 atom stereocenters. The summed E-state index contributed by atoms with van der Waals surface area (Å²) >= 11 is 0. The Labute approximate surface area is 242 Å². The average Bonchev–Trinajstić information content (AvgIpc) is 2.95. The molecule has 2 aromatic rings. The molecule has 1 unspecified atom stereocenters. The topological polar surface area (TPSA) is 141 Å². The fraction of sp³-hybridized carbons (Fsp3) is 0.483. The van der Waals surface area contributed by atoms with Gasteiger partial charge in [0, 0.05) is 50.0 Å². The van der Waals surface area contributed by atoms with Crippen molar-refractivity contribution in [3.8, 4) is 0 Å². The Bertz CT molecular complexity index is 1320. The van der Waals surface area contributed by atoms with Gasteiger partial charge >= 0.3 is 5.97 Å². The minimum absolute atomic E-state index is 0.00898. The molecule has 2 aromatic carbocycles. The van der Waals surface area contributed by atoms with E-state index in [2.05, 4.69) is 30.6 Å². The second-order valence-electron chi connectivity index (χ2n) is 11.2. The molecule has 12 heteroatoms. The summed E-state index contributed by atoms with van der Waals surface area (Å²) < 4.78 is 33.6. The van der Waals surface area contributed by atoms with Gasteiger partial charge in [0.15, 0.2) is 5.96 Å². The molecular formula is C29H40N6O5S. The molecule has 1 amide bonds. The van der Waals surface area contributed by atoms with Gasteiger partial charge in [0.2, 0.25) is 10.0 Å². The molecule has 0 saturated carbocycles. The molecule has 222 valence electrons. The average molecular weight is 585 g/mol. The normalized spacial score (nSPS) is 17.1. The second kappa shape index (κ2) is 13.3. The second-order valence-corrected chi connectivity index (χ2v) is 12.9. The van der Waals surface area contributed by atoms with Crippen molar-refractivity contribution >= 4 is 33.5 Å². The lowest BCUT2D eigenvalue weighted by molar-refractivity contribution is -0.156. The molecule has 2 aliphatic rings. The molecular weight excluding hydrogens is 544 g/mol. The zero-order chi connectivity index (χ0) is 29.5. The first-order valence-corrected chi connectivity index (χ1v) is 15.5. The maximum atomic E-state index is 12.9. The van der Waals surface area contributed by atoms with Crippen LogP contribution in [0.25, 0.3) is 0 Å². The summed E-state index contributed by atoms with van der Waals surface area (Å²) in [5, 5.41) is 9.49. The third-order valence-corrected chi connectivity index (χ3v) is 8.22. The van der Waals surface area contributed by atoms with Crippen LogP contribution in [0.3, 0.4) is 0 Å². The van der Waals surface area contributed by atoms with Crippen molar-refractivity contribution in [3.63, 3.8) is 0 Å². The lowest BCUT2D eigenvalue weighted by Crippen LogP contribution is -2.50. The van der Waals surface area contributed by atoms with Crippen molar-refractivity contribution in [1.29, 1.82) is 0 Å². The van der Waals surface area contributed by atoms with Gasteiger partial charge in [-0.15, -0.1) is 0 Å². The molecule has 11 nitrogen and oxygen atoms in total. The number of carbonyl (C=O) groups excluding carboxylic acids is 2. The summed E-state index contributed by atoms with van der Waals surface area (Å²) in [4.78, 5) is 32.6. The summed E-state index contributed by atoms with van der Waals surface area (Å²) in [7, 11) is -4.03. The Morgan fingerprint density at radius 1 is 1.07 bits per heavy atom. The number of carbonyl (C=O) groups is 2. The van der Waals surface area contributed by atoms with Gasteiger partial charge in [-0.3, -0.25) is 14.6 Å². The van der Waals surface area contributed by atoms with Crippen molar-refractivity contribution in [2.24, 2.45) is 4.99 Å². The zero-order valence-corrected chi connectivity index (χ0v) is 24.7. The monoisotopic (exact) mass is 584 g/mol. The molecule has 2 heterocycles. The van der Waals surface area contributed by atoms with Crippen LogP contribution in [0.1, 0.15) is 50.4 Å². The van der Waals surface area contributed by atoms with Gasteiger partial charge in [-0.1, -0.05) is 18.2 Å². The predicted molar refractivity (Wildman–Crippen MR) is 158 cm³/mol. The predicted octanol–water partition coefficient (Wildman–Crippen LogP) is 2.01. The van der Waals surface area contributed by atoms with Gasteiger partial charge in [0.1, 0.15) is 11.6 Å². The van der Waals surface area contributed by atoms with E-state index in [9.17, 15) is 18.0 Å². The number of ether oxygens (including phenoxy) is 1. The molecule has 0 bridgehead atoms. The van der Waals surface area contributed by atoms with Crippen LogP contribution in [0.15, 0.2) is 64.5 Å². The summed E-state index contributed by atoms with van der Waals surface area (Å²) in [6.45, 7) is 8.38. The number of guanidine groups is 1. The third-order valence-electron chi connectivity index (χ3n) is 6.74. The number of piperidine rings is 1. The first-order chi connectivity index (χ1) is 19.5. The molecule has 2 aliphatic heterocycles. The maximum Gasteiger partial charge on any atom is 0.326 e. The minimum Gasteiger partial charge on any atom is -0.459 e. The fourth-order valence-corrected chi connectivity index (χ4v) is 5.83. The number of amides is 1. The van der Waals surface area contributed by atoms with E-state index >= 15 is 0 Å². The standard InChI is InChI=1S/C29H40N6O5S/c1-29(2,3)40-27(37)25(34-41(38,39)24-8-5-4-6-9-24)20-32-26(36)21-10-12-23(13-11-21)35-18-14-22(15-19-35)33-28-30-16-7-17-31-28/h4-6,8-13,22,25,34H,7,14-20H2,1-3H3,(H,32,36)(H2,30,31,33). The number of esters is 1. The third kappa shape index (κ3) is 8.92. The van der Waals surface area contributed by atoms with E-state index in [1.807, 2.05) is 12.1 Å². The van der Waals surface area contributed by atoms with Crippen molar-refractivity contribution in [2.45, 2.75) is 62.6 Å². The number of aliphatic imine (C=N–C) groups is 1. The fourth-order valence-electron chi connectivity index (χ4n) is 4.63. The van der Waals surface area contributed by atoms with Crippen LogP contribution in [0, 0.1) is 0 Å². The van der Waals surface area contributed by atoms with Gasteiger partial charge in [-0.25, -0.2) is 8.42 Å². The van der Waals surface area contributed by atoms with E-state index < -0.39 is 33.5 Å². The summed E-state index contributed by atoms with van der Waals surface area (Å²) in [5.41, 5.74) is 0.592. The van der Waals surface area contributed by atoms with Crippen LogP contribution in [0.2, 0.25) is 0 Å². The minimum atomic E-state index is -4.03. The molecule has 4 N–H and O–H groups in total. The van der Waals surface area contributed by atoms with Crippen molar-refractivity contribution in [1.82, 2.24) is 20.7 Å². The quantitative estimate of drug-likeness (QED) is 0.328. The van der Waals surface area contributed by atoms with E-state index in [-0.39, 0.29) is 11.4 Å². The maximum absolute atomic E-state index is 12.9. The summed E-state index contributed by atoms with van der Waals surface area (Å²) in [6.07, 6.45) is 3.02. The lowest BCUT2D eigenvalue weighted by Gasteiger charge is -2.35. The van der Waals surface area contributed by atoms with Crippen LogP contribution in [-0.2, 0) is 19.6 Å². The highest BCUT2D eigenvalue weighted by atomic mass is 32.2. The van der Waals surface area contributed by atoms with Crippen LogP contribution >= 0.6 is 0 Å². The Hall–Kier alpha value is -3.64. The van der Waals surface area contributed by atoms with Crippen LogP contribution in [-0.4, -0.2) is 76.7 Å². The van der Waals surface area contributed by atoms with E-state index in [1.165, 1.54) is 12.1 Å². The molecule has 0 aliphatic carbocycles. The van der Waals surface area contributed by atoms with Gasteiger partial charge in [0.05, 0.1) is 4.90 Å². The number of rotatable bonds is 9. The SMILES string of the molecule is CC(C)(C)OC(=O)C(CNC(=O)c1ccc(N2CCC(NC3=NCCCN3)CC2)cc1)NS(=O)(=O)c1ccccc1. The number of sulfonamides is 1. The smallest absolute Gasteiger partial charge is 0.326 e. The first kappa shape index (κ1) is 30.3. The van der Waals surface area contributed by atoms with Crippen LogP contribution in [0.4, 0.5) is 5.69 Å². The molecule has 41 heavy (non-hydrogen) atoms. The van der Waals surface area contributed by atoms with E-state index in [0.29, 0.717) is 11.6 Å². The number of anilines is 1. The zero-order valence-electron chi connectivity index (χ0n) is 23.9. The van der Waals surface area contributed by atoms with E-state index in [1.54, 1.807) is 51.1 Å². The van der Waals surface area contributed by atoms with Gasteiger partial charge in [-0.2, -0.15) is 4.72 Å². The number of nitrogens with one attached hydrogen (secondary N) is 4. The molecule has 0 radical (unpaired) electrons. The van der Waals surface area contributed by atoms with E-state index in [4.69, 9.17) is 4.74 Å². The van der Waals surface area contributed by atoms with Crippen molar-refractivity contribution in [3.05, 3.63) is 60.2 Å². The Morgan fingerprint density at radius 2 is 1.76 bits per heavy atom. The number of hydrogen-bond acceptors (Lipinski definition) is 9. The highest BCUT2D eigenvalue weighted by Crippen LogP contribution is 2.21. The number of hydrogen-bond donors (Lipinski definition) is 4. The first-order valence-electron chi connectivity index (χ1n) is 14.0. The highest BCUT2D eigenvalue weighted by Gasteiger charge is 2.30. The Balaban J connectivity index is 1.33. The molecule has 1 fully saturated rings. The number of benzene rings is 2. The molecule has 0 spiro atoms. The van der Waals surface area contributed by atoms with E-state index in [0.717, 1.165) is 57.1 Å².